The summed E-state index contributed by atoms with van der Waals surface area (Å²) in [6, 6.07) is 0. The second kappa shape index (κ2) is 7.52. The Morgan fingerprint density at radius 1 is 1.37 bits per heavy atom. The zero-order chi connectivity index (χ0) is 14.4. The Hall–Kier alpha value is -1.05. The maximum atomic E-state index is 11.2. The van der Waals surface area contributed by atoms with Crippen LogP contribution in [0.4, 0.5) is 0 Å². The van der Waals surface area contributed by atoms with Crippen LogP contribution >= 0.6 is 0 Å². The molecule has 1 rings (SSSR count). The predicted octanol–water partition coefficient (Wildman–Crippen LogP) is 4.66. The Balaban J connectivity index is 2.79. The summed E-state index contributed by atoms with van der Waals surface area (Å²) in [5.74, 6) is 1.22. The Kier molecular flexibility index (Phi) is 6.33. The molecule has 0 aromatic heterocycles. The molecule has 0 fully saturated rings. The van der Waals surface area contributed by atoms with Crippen molar-refractivity contribution < 1.29 is 9.53 Å². The minimum Gasteiger partial charge on any atom is -0.458 e. The van der Waals surface area contributed by atoms with E-state index in [-0.39, 0.29) is 12.1 Å². The van der Waals surface area contributed by atoms with E-state index in [1.807, 2.05) is 0 Å². The predicted molar refractivity (Wildman–Crippen MR) is 79.9 cm³/mol. The average Bonchev–Trinajstić information content (AvgIpc) is 2.32. The van der Waals surface area contributed by atoms with Gasteiger partial charge in [-0.05, 0) is 50.0 Å². The molecular formula is C17H28O2. The maximum Gasteiger partial charge on any atom is 0.303 e. The van der Waals surface area contributed by atoms with Crippen LogP contribution < -0.4 is 0 Å². The van der Waals surface area contributed by atoms with Crippen LogP contribution in [0, 0.1) is 11.8 Å². The molecular weight excluding hydrogens is 236 g/mol. The molecule has 1 aliphatic carbocycles. The molecule has 0 aromatic rings. The summed E-state index contributed by atoms with van der Waals surface area (Å²) in [5.41, 5.74) is 2.46. The second-order valence-electron chi connectivity index (χ2n) is 6.12. The van der Waals surface area contributed by atoms with Crippen molar-refractivity contribution in [3.63, 3.8) is 0 Å². The van der Waals surface area contributed by atoms with E-state index in [1.165, 1.54) is 18.9 Å². The number of rotatable bonds is 2. The normalized spacial score (nSPS) is 28.7. The van der Waals surface area contributed by atoms with Gasteiger partial charge in [-0.2, -0.15) is 0 Å². The highest BCUT2D eigenvalue weighted by molar-refractivity contribution is 5.66. The summed E-state index contributed by atoms with van der Waals surface area (Å²) >= 11 is 0. The highest BCUT2D eigenvalue weighted by Gasteiger charge is 2.20. The van der Waals surface area contributed by atoms with E-state index in [0.29, 0.717) is 5.92 Å². The van der Waals surface area contributed by atoms with Crippen molar-refractivity contribution in [1.82, 2.24) is 0 Å². The average molecular weight is 264 g/mol. The van der Waals surface area contributed by atoms with Crippen LogP contribution in [0.1, 0.15) is 59.8 Å². The van der Waals surface area contributed by atoms with E-state index in [0.717, 1.165) is 37.2 Å². The molecule has 2 heteroatoms. The fourth-order valence-electron chi connectivity index (χ4n) is 2.66. The Morgan fingerprint density at radius 2 is 2.00 bits per heavy atom. The van der Waals surface area contributed by atoms with Gasteiger partial charge in [0.05, 0.1) is 0 Å². The van der Waals surface area contributed by atoms with Crippen molar-refractivity contribution in [3.05, 3.63) is 23.8 Å². The summed E-state index contributed by atoms with van der Waals surface area (Å²) in [7, 11) is 0. The molecule has 108 valence electrons. The summed E-state index contributed by atoms with van der Waals surface area (Å²) in [6.07, 6.45) is 7.37. The molecule has 0 saturated heterocycles. The molecule has 2 atom stereocenters. The Morgan fingerprint density at radius 3 is 2.58 bits per heavy atom. The summed E-state index contributed by atoms with van der Waals surface area (Å²) in [6.45, 7) is 12.4. The first-order valence-corrected chi connectivity index (χ1v) is 7.40. The molecule has 0 radical (unpaired) electrons. The van der Waals surface area contributed by atoms with Crippen LogP contribution in [-0.2, 0) is 9.53 Å². The lowest BCUT2D eigenvalue weighted by Crippen LogP contribution is -2.20. The van der Waals surface area contributed by atoms with Gasteiger partial charge >= 0.3 is 5.97 Å². The zero-order valence-corrected chi connectivity index (χ0v) is 12.9. The molecule has 0 heterocycles. The first kappa shape index (κ1) is 16.0. The van der Waals surface area contributed by atoms with Gasteiger partial charge < -0.3 is 4.74 Å². The number of allylic oxidation sites excluding steroid dienone is 1. The smallest absolute Gasteiger partial charge is 0.303 e. The molecule has 1 unspecified atom stereocenters. The number of carbonyl (C=O) groups is 1. The van der Waals surface area contributed by atoms with Crippen LogP contribution in [0.3, 0.4) is 0 Å². The van der Waals surface area contributed by atoms with Crippen molar-refractivity contribution in [1.29, 1.82) is 0 Å². The number of hydrogen-bond acceptors (Lipinski definition) is 2. The third-order valence-electron chi connectivity index (χ3n) is 4.13. The first-order chi connectivity index (χ1) is 8.90. The topological polar surface area (TPSA) is 26.3 Å². The van der Waals surface area contributed by atoms with Gasteiger partial charge in [0.1, 0.15) is 6.10 Å². The number of esters is 1. The Bertz CT molecular complexity index is 352. The van der Waals surface area contributed by atoms with Gasteiger partial charge in [-0.1, -0.05) is 32.1 Å². The van der Waals surface area contributed by atoms with Crippen LogP contribution in [0.15, 0.2) is 23.8 Å². The summed E-state index contributed by atoms with van der Waals surface area (Å²) < 4.78 is 5.40. The van der Waals surface area contributed by atoms with Crippen LogP contribution in [0.2, 0.25) is 0 Å². The first-order valence-electron chi connectivity index (χ1n) is 7.40. The van der Waals surface area contributed by atoms with Crippen LogP contribution in [0.25, 0.3) is 0 Å². The lowest BCUT2D eigenvalue weighted by Gasteiger charge is -2.25. The molecule has 0 N–H and O–H groups in total. The molecule has 0 amide bonds. The lowest BCUT2D eigenvalue weighted by molar-refractivity contribution is -0.144. The van der Waals surface area contributed by atoms with Crippen molar-refractivity contribution >= 4 is 5.97 Å². The minimum atomic E-state index is -0.213. The van der Waals surface area contributed by atoms with Crippen molar-refractivity contribution in [2.24, 2.45) is 11.8 Å². The lowest BCUT2D eigenvalue weighted by atomic mass is 9.83. The largest absolute Gasteiger partial charge is 0.458 e. The minimum absolute atomic E-state index is 0.140. The van der Waals surface area contributed by atoms with Gasteiger partial charge in [-0.3, -0.25) is 4.79 Å². The molecule has 19 heavy (non-hydrogen) atoms. The maximum absolute atomic E-state index is 11.2. The SMILES string of the molecule is C=C1CCC(C(C)C)CC/C(C)=C\C[C@@H]1OC(C)=O. The second-order valence-corrected chi connectivity index (χ2v) is 6.12. The van der Waals surface area contributed by atoms with E-state index in [2.05, 4.69) is 33.4 Å². The molecule has 0 aliphatic heterocycles. The van der Waals surface area contributed by atoms with Gasteiger partial charge in [0, 0.05) is 13.3 Å². The standard InChI is InChI=1S/C17H28O2/c1-12(2)16-9-6-13(3)7-11-17(19-15(5)18)14(4)8-10-16/h7,12,16-17H,4,6,8-11H2,1-3,5H3/b13-7-/t16?,17-/m0/s1. The van der Waals surface area contributed by atoms with E-state index in [4.69, 9.17) is 4.74 Å². The van der Waals surface area contributed by atoms with E-state index in [9.17, 15) is 4.79 Å². The molecule has 0 saturated carbocycles. The third kappa shape index (κ3) is 5.63. The molecule has 0 spiro atoms. The zero-order valence-electron chi connectivity index (χ0n) is 12.9. The van der Waals surface area contributed by atoms with Crippen LogP contribution in [-0.4, -0.2) is 12.1 Å². The van der Waals surface area contributed by atoms with Gasteiger partial charge in [0.15, 0.2) is 0 Å². The monoisotopic (exact) mass is 264 g/mol. The van der Waals surface area contributed by atoms with E-state index in [1.54, 1.807) is 0 Å². The fourth-order valence-corrected chi connectivity index (χ4v) is 2.66. The van der Waals surface area contributed by atoms with E-state index >= 15 is 0 Å². The van der Waals surface area contributed by atoms with Crippen LogP contribution in [0.5, 0.6) is 0 Å². The molecule has 2 nitrogen and oxygen atoms in total. The summed E-state index contributed by atoms with van der Waals surface area (Å²) in [4.78, 5) is 11.2. The molecule has 1 aliphatic rings. The number of carbonyl (C=O) groups excluding carboxylic acids is 1. The summed E-state index contributed by atoms with van der Waals surface area (Å²) in [5, 5.41) is 0. The van der Waals surface area contributed by atoms with Gasteiger partial charge in [0.2, 0.25) is 0 Å². The number of hydrogen-bond donors (Lipinski definition) is 0. The third-order valence-corrected chi connectivity index (χ3v) is 4.13. The Labute approximate surface area is 117 Å². The van der Waals surface area contributed by atoms with Gasteiger partial charge in [-0.15, -0.1) is 0 Å². The van der Waals surface area contributed by atoms with Crippen molar-refractivity contribution in [2.45, 2.75) is 65.9 Å². The van der Waals surface area contributed by atoms with Gasteiger partial charge in [-0.25, -0.2) is 0 Å². The van der Waals surface area contributed by atoms with Crippen molar-refractivity contribution in [3.8, 4) is 0 Å². The quantitative estimate of drug-likeness (QED) is 0.535. The van der Waals surface area contributed by atoms with Gasteiger partial charge in [0.25, 0.3) is 0 Å². The molecule has 0 aromatic carbocycles. The number of ether oxygens (including phenoxy) is 1. The van der Waals surface area contributed by atoms with Crippen molar-refractivity contribution in [2.75, 3.05) is 0 Å². The highest BCUT2D eigenvalue weighted by atomic mass is 16.5. The van der Waals surface area contributed by atoms with E-state index < -0.39 is 0 Å². The highest BCUT2D eigenvalue weighted by Crippen LogP contribution is 2.29. The fraction of sp³-hybridized carbons (Fsp3) is 0.706. The molecule has 0 bridgehead atoms.